The normalized spacial score (nSPS) is 27.7. The highest BCUT2D eigenvalue weighted by Gasteiger charge is 2.38. The topological polar surface area (TPSA) is 49.8 Å². The van der Waals surface area contributed by atoms with E-state index < -0.39 is 6.10 Å². The fourth-order valence-electron chi connectivity index (χ4n) is 1.95. The number of carbonyl (C=O) groups is 1. The highest BCUT2D eigenvalue weighted by Crippen LogP contribution is 2.21. The minimum Gasteiger partial charge on any atom is -0.462 e. The Morgan fingerprint density at radius 2 is 2.00 bits per heavy atom. The minimum atomic E-state index is -0.405. The van der Waals surface area contributed by atoms with Gasteiger partial charge in [0.1, 0.15) is 6.04 Å². The third kappa shape index (κ3) is 3.18. The number of esters is 1. The lowest BCUT2D eigenvalue weighted by Crippen LogP contribution is -2.42. The summed E-state index contributed by atoms with van der Waals surface area (Å²) in [6, 6.07) is -0.0192. The van der Waals surface area contributed by atoms with E-state index in [9.17, 15) is 9.90 Å². The van der Waals surface area contributed by atoms with Crippen LogP contribution in [0.2, 0.25) is 0 Å². The lowest BCUT2D eigenvalue weighted by atomic mass is 10.2. The van der Waals surface area contributed by atoms with Crippen molar-refractivity contribution in [3.63, 3.8) is 0 Å². The molecule has 0 unspecified atom stereocenters. The zero-order valence-electron chi connectivity index (χ0n) is 9.93. The van der Waals surface area contributed by atoms with Crippen LogP contribution in [0, 0.1) is 0 Å². The molecule has 0 aromatic rings. The summed E-state index contributed by atoms with van der Waals surface area (Å²) in [5.41, 5.74) is 0. The monoisotopic (exact) mass is 215 g/mol. The Labute approximate surface area is 91.2 Å². The highest BCUT2D eigenvalue weighted by molar-refractivity contribution is 5.76. The van der Waals surface area contributed by atoms with Crippen LogP contribution in [-0.4, -0.2) is 46.8 Å². The van der Waals surface area contributed by atoms with Gasteiger partial charge in [0, 0.05) is 19.0 Å². The molecular formula is C11H21NO3. The zero-order chi connectivity index (χ0) is 11.6. The van der Waals surface area contributed by atoms with E-state index in [1.54, 1.807) is 0 Å². The van der Waals surface area contributed by atoms with Crippen molar-refractivity contribution in [1.29, 1.82) is 0 Å². The molecule has 1 heterocycles. The molecule has 0 saturated carbocycles. The average Bonchev–Trinajstić information content (AvgIpc) is 2.46. The first-order chi connectivity index (χ1) is 6.91. The van der Waals surface area contributed by atoms with Gasteiger partial charge in [0.05, 0.1) is 12.2 Å². The predicted molar refractivity (Wildman–Crippen MR) is 57.5 cm³/mol. The molecular weight excluding hydrogens is 194 g/mol. The molecule has 4 heteroatoms. The molecule has 0 radical (unpaired) electrons. The summed E-state index contributed by atoms with van der Waals surface area (Å²) in [5.74, 6) is -0.213. The highest BCUT2D eigenvalue weighted by atomic mass is 16.5. The van der Waals surface area contributed by atoms with Gasteiger partial charge in [-0.05, 0) is 27.7 Å². The van der Waals surface area contributed by atoms with E-state index in [1.165, 1.54) is 0 Å². The molecule has 1 fully saturated rings. The molecule has 0 aromatic heterocycles. The maximum atomic E-state index is 11.7. The maximum absolute atomic E-state index is 11.7. The van der Waals surface area contributed by atoms with Gasteiger partial charge in [0.2, 0.25) is 0 Å². The zero-order valence-corrected chi connectivity index (χ0v) is 9.93. The summed E-state index contributed by atoms with van der Waals surface area (Å²) in [6.45, 7) is 8.28. The van der Waals surface area contributed by atoms with Crippen LogP contribution in [0.4, 0.5) is 0 Å². The van der Waals surface area contributed by atoms with Gasteiger partial charge in [0.15, 0.2) is 0 Å². The molecule has 0 aromatic carbocycles. The van der Waals surface area contributed by atoms with Crippen LogP contribution in [0.1, 0.15) is 34.1 Å². The number of β-amino-alcohol motifs (C(OH)–C–C–N with tert-alkyl or cyclic N) is 1. The molecule has 0 bridgehead atoms. The largest absolute Gasteiger partial charge is 0.462 e. The lowest BCUT2D eigenvalue weighted by Gasteiger charge is -2.26. The second kappa shape index (κ2) is 4.94. The fourth-order valence-corrected chi connectivity index (χ4v) is 1.95. The Morgan fingerprint density at radius 3 is 2.47 bits per heavy atom. The molecule has 0 spiro atoms. The molecule has 1 N–H and O–H groups in total. The van der Waals surface area contributed by atoms with Crippen LogP contribution < -0.4 is 0 Å². The van der Waals surface area contributed by atoms with Gasteiger partial charge in [-0.2, -0.15) is 0 Å². The van der Waals surface area contributed by atoms with Crippen LogP contribution in [-0.2, 0) is 9.53 Å². The van der Waals surface area contributed by atoms with Crippen LogP contribution in [0.25, 0.3) is 0 Å². The summed E-state index contributed by atoms with van der Waals surface area (Å²) < 4.78 is 5.17. The summed E-state index contributed by atoms with van der Waals surface area (Å²) in [7, 11) is 0. The quantitative estimate of drug-likeness (QED) is 0.707. The summed E-state index contributed by atoms with van der Waals surface area (Å²) in [6.07, 6.45) is -0.00892. The first-order valence-corrected chi connectivity index (χ1v) is 5.56. The number of ether oxygens (including phenoxy) is 1. The molecule has 1 rings (SSSR count). The second-order valence-corrected chi connectivity index (χ2v) is 4.68. The summed E-state index contributed by atoms with van der Waals surface area (Å²) in [5, 5.41) is 9.55. The maximum Gasteiger partial charge on any atom is 0.323 e. The van der Waals surface area contributed by atoms with E-state index in [1.807, 2.05) is 32.6 Å². The van der Waals surface area contributed by atoms with Gasteiger partial charge in [0.25, 0.3) is 0 Å². The van der Waals surface area contributed by atoms with Crippen molar-refractivity contribution in [2.45, 2.75) is 58.4 Å². The number of aliphatic hydroxyl groups is 1. The fraction of sp³-hybridized carbons (Fsp3) is 0.909. The van der Waals surface area contributed by atoms with E-state index >= 15 is 0 Å². The molecule has 1 aliphatic heterocycles. The third-order valence-corrected chi connectivity index (χ3v) is 2.60. The number of likely N-dealkylation sites (tertiary alicyclic amines) is 1. The molecule has 1 saturated heterocycles. The van der Waals surface area contributed by atoms with Crippen molar-refractivity contribution in [2.75, 3.05) is 6.54 Å². The Hall–Kier alpha value is -0.610. The van der Waals surface area contributed by atoms with E-state index in [-0.39, 0.29) is 24.2 Å². The molecule has 0 amide bonds. The minimum absolute atomic E-state index is 0.0933. The first kappa shape index (κ1) is 12.5. The molecule has 1 aliphatic rings. The number of hydrogen-bond acceptors (Lipinski definition) is 4. The van der Waals surface area contributed by atoms with E-state index in [2.05, 4.69) is 0 Å². The average molecular weight is 215 g/mol. The Morgan fingerprint density at radius 1 is 1.40 bits per heavy atom. The third-order valence-electron chi connectivity index (χ3n) is 2.60. The van der Waals surface area contributed by atoms with Gasteiger partial charge < -0.3 is 9.84 Å². The molecule has 2 atom stereocenters. The van der Waals surface area contributed by atoms with Crippen molar-refractivity contribution in [1.82, 2.24) is 4.90 Å². The Kier molecular flexibility index (Phi) is 4.11. The van der Waals surface area contributed by atoms with Gasteiger partial charge in [-0.3, -0.25) is 9.69 Å². The smallest absolute Gasteiger partial charge is 0.323 e. The SMILES string of the molecule is CC(C)OC(=O)[C@@H]1C[C@@H](O)CN1C(C)C. The molecule has 88 valence electrons. The van der Waals surface area contributed by atoms with Crippen molar-refractivity contribution in [3.05, 3.63) is 0 Å². The van der Waals surface area contributed by atoms with Gasteiger partial charge in [-0.1, -0.05) is 0 Å². The van der Waals surface area contributed by atoms with Crippen LogP contribution in [0.5, 0.6) is 0 Å². The molecule has 0 aliphatic carbocycles. The van der Waals surface area contributed by atoms with Gasteiger partial charge in [-0.25, -0.2) is 0 Å². The number of aliphatic hydroxyl groups excluding tert-OH is 1. The van der Waals surface area contributed by atoms with Gasteiger partial charge in [-0.15, -0.1) is 0 Å². The number of hydrogen-bond donors (Lipinski definition) is 1. The van der Waals surface area contributed by atoms with Crippen molar-refractivity contribution >= 4 is 5.97 Å². The molecule has 15 heavy (non-hydrogen) atoms. The van der Waals surface area contributed by atoms with Crippen LogP contribution in [0.15, 0.2) is 0 Å². The van der Waals surface area contributed by atoms with E-state index in [4.69, 9.17) is 4.74 Å². The van der Waals surface area contributed by atoms with Crippen LogP contribution in [0.3, 0.4) is 0 Å². The van der Waals surface area contributed by atoms with E-state index in [0.717, 1.165) is 0 Å². The second-order valence-electron chi connectivity index (χ2n) is 4.68. The van der Waals surface area contributed by atoms with Crippen molar-refractivity contribution in [2.24, 2.45) is 0 Å². The lowest BCUT2D eigenvalue weighted by molar-refractivity contribution is -0.153. The van der Waals surface area contributed by atoms with Crippen molar-refractivity contribution in [3.8, 4) is 0 Å². The Balaban J connectivity index is 2.62. The van der Waals surface area contributed by atoms with Crippen LogP contribution >= 0.6 is 0 Å². The standard InChI is InChI=1S/C11H21NO3/c1-7(2)12-6-9(13)5-10(12)11(14)15-8(3)4/h7-10,13H,5-6H2,1-4H3/t9-,10+/m1/s1. The predicted octanol–water partition coefficient (Wildman–Crippen LogP) is 0.782. The Bertz CT molecular complexity index is 228. The molecule has 4 nitrogen and oxygen atoms in total. The van der Waals surface area contributed by atoms with Crippen molar-refractivity contribution < 1.29 is 14.6 Å². The first-order valence-electron chi connectivity index (χ1n) is 5.56. The number of carbonyl (C=O) groups excluding carboxylic acids is 1. The summed E-state index contributed by atoms with van der Waals surface area (Å²) in [4.78, 5) is 13.7. The summed E-state index contributed by atoms with van der Waals surface area (Å²) >= 11 is 0. The van der Waals surface area contributed by atoms with E-state index in [0.29, 0.717) is 13.0 Å². The van der Waals surface area contributed by atoms with Gasteiger partial charge >= 0.3 is 5.97 Å². The number of nitrogens with zero attached hydrogens (tertiary/aromatic N) is 1. The number of rotatable bonds is 3.